The largest absolute Gasteiger partial charge is 0.397 e. The minimum absolute atomic E-state index is 0.346. The number of anilines is 1. The molecule has 4 aromatic rings. The highest BCUT2D eigenvalue weighted by atomic mass is 32.1. The molecule has 25 heavy (non-hydrogen) atoms. The number of amides is 1. The third-order valence-corrected chi connectivity index (χ3v) is 5.65. The maximum Gasteiger partial charge on any atom is 0.277 e. The van der Waals surface area contributed by atoms with E-state index in [0.717, 1.165) is 15.8 Å². The Morgan fingerprint density at radius 1 is 1.24 bits per heavy atom. The third kappa shape index (κ3) is 2.64. The number of nitrogens with zero attached hydrogens (tertiary/aromatic N) is 3. The van der Waals surface area contributed by atoms with Crippen molar-refractivity contribution in [1.29, 1.82) is 0 Å². The zero-order chi connectivity index (χ0) is 17.4. The Kier molecular flexibility index (Phi) is 3.88. The number of hydrazine groups is 1. The lowest BCUT2D eigenvalue weighted by Gasteiger charge is -2.06. The molecule has 0 saturated heterocycles. The maximum atomic E-state index is 12.0. The van der Waals surface area contributed by atoms with Crippen LogP contribution in [0.4, 0.5) is 5.69 Å². The van der Waals surface area contributed by atoms with Gasteiger partial charge in [0, 0.05) is 28.2 Å². The molecule has 7 nitrogen and oxygen atoms in total. The summed E-state index contributed by atoms with van der Waals surface area (Å²) in [6.07, 6.45) is 4.87. The molecule has 0 unspecified atom stereocenters. The topological polar surface area (TPSA) is 120 Å². The fourth-order valence-electron chi connectivity index (χ4n) is 2.54. The number of hydrogen-bond acceptors (Lipinski definition) is 8. The van der Waals surface area contributed by atoms with Gasteiger partial charge in [0.2, 0.25) is 0 Å². The van der Waals surface area contributed by atoms with E-state index in [0.29, 0.717) is 26.8 Å². The molecule has 0 spiro atoms. The molecule has 0 saturated carbocycles. The normalized spacial score (nSPS) is 10.9. The van der Waals surface area contributed by atoms with Crippen LogP contribution in [0.2, 0.25) is 0 Å². The van der Waals surface area contributed by atoms with E-state index < -0.39 is 5.91 Å². The second-order valence-electron chi connectivity index (χ2n) is 5.12. The van der Waals surface area contributed by atoms with Crippen molar-refractivity contribution in [2.24, 2.45) is 5.84 Å². The summed E-state index contributed by atoms with van der Waals surface area (Å²) in [6, 6.07) is 5.88. The van der Waals surface area contributed by atoms with Crippen molar-refractivity contribution in [1.82, 2.24) is 20.4 Å². The van der Waals surface area contributed by atoms with E-state index in [1.807, 2.05) is 23.6 Å². The van der Waals surface area contributed by atoms with E-state index in [1.54, 1.807) is 29.9 Å². The Morgan fingerprint density at radius 3 is 2.80 bits per heavy atom. The van der Waals surface area contributed by atoms with Crippen molar-refractivity contribution in [3.63, 3.8) is 0 Å². The second-order valence-corrected chi connectivity index (χ2v) is 7.07. The van der Waals surface area contributed by atoms with Crippen molar-refractivity contribution in [2.45, 2.75) is 0 Å². The first-order valence-electron chi connectivity index (χ1n) is 7.23. The number of carbonyl (C=O) groups excluding carboxylic acids is 1. The molecule has 0 aromatic carbocycles. The zero-order valence-corrected chi connectivity index (χ0v) is 14.4. The van der Waals surface area contributed by atoms with Gasteiger partial charge >= 0.3 is 0 Å². The van der Waals surface area contributed by atoms with Gasteiger partial charge in [-0.15, -0.1) is 22.7 Å². The SMILES string of the molecule is NNC(=O)c1sc2nc(-c3cnccn3)cc(-c3cccs3)c2c1N. The molecular formula is C16H12N6OS2. The molecule has 124 valence electrons. The number of fused-ring (bicyclic) bond motifs is 1. The number of nitrogens with one attached hydrogen (secondary N) is 1. The van der Waals surface area contributed by atoms with Crippen LogP contribution in [-0.2, 0) is 0 Å². The lowest BCUT2D eigenvalue weighted by Crippen LogP contribution is -2.29. The van der Waals surface area contributed by atoms with Crippen LogP contribution in [0.1, 0.15) is 9.67 Å². The molecule has 5 N–H and O–H groups in total. The Bertz CT molecular complexity index is 1060. The van der Waals surface area contributed by atoms with Gasteiger partial charge in [-0.1, -0.05) is 6.07 Å². The van der Waals surface area contributed by atoms with Gasteiger partial charge < -0.3 is 5.73 Å². The molecule has 4 aromatic heterocycles. The first-order chi connectivity index (χ1) is 12.2. The van der Waals surface area contributed by atoms with Crippen molar-refractivity contribution < 1.29 is 4.79 Å². The molecule has 0 aliphatic heterocycles. The summed E-state index contributed by atoms with van der Waals surface area (Å²) in [7, 11) is 0. The Hall–Kier alpha value is -2.88. The number of pyridine rings is 1. The Labute approximate surface area is 150 Å². The van der Waals surface area contributed by atoms with E-state index in [-0.39, 0.29) is 0 Å². The zero-order valence-electron chi connectivity index (χ0n) is 12.8. The molecule has 0 aliphatic carbocycles. The quantitative estimate of drug-likeness (QED) is 0.290. The highest BCUT2D eigenvalue weighted by Gasteiger charge is 2.21. The average molecular weight is 368 g/mol. The van der Waals surface area contributed by atoms with Gasteiger partial charge in [-0.3, -0.25) is 20.2 Å². The predicted molar refractivity (Wildman–Crippen MR) is 100 cm³/mol. The Balaban J connectivity index is 2.04. The average Bonchev–Trinajstić information content (AvgIpc) is 3.30. The van der Waals surface area contributed by atoms with Gasteiger partial charge in [-0.05, 0) is 17.5 Å². The number of nitrogen functional groups attached to an aromatic ring is 2. The van der Waals surface area contributed by atoms with Gasteiger partial charge in [0.25, 0.3) is 5.91 Å². The minimum atomic E-state index is -0.432. The smallest absolute Gasteiger partial charge is 0.277 e. The highest BCUT2D eigenvalue weighted by Crippen LogP contribution is 2.42. The van der Waals surface area contributed by atoms with Crippen LogP contribution in [0.15, 0.2) is 42.2 Å². The monoisotopic (exact) mass is 368 g/mol. The maximum absolute atomic E-state index is 12.0. The first-order valence-corrected chi connectivity index (χ1v) is 8.93. The van der Waals surface area contributed by atoms with Crippen LogP contribution in [0.3, 0.4) is 0 Å². The summed E-state index contributed by atoms with van der Waals surface area (Å²) in [5.41, 5.74) is 11.0. The fraction of sp³-hybridized carbons (Fsp3) is 0. The summed E-state index contributed by atoms with van der Waals surface area (Å²) in [6.45, 7) is 0. The molecule has 0 atom stereocenters. The summed E-state index contributed by atoms with van der Waals surface area (Å²) in [4.78, 5) is 27.1. The molecule has 1 amide bonds. The van der Waals surface area contributed by atoms with Crippen molar-refractivity contribution in [3.8, 4) is 21.8 Å². The predicted octanol–water partition coefficient (Wildman–Crippen LogP) is 2.67. The van der Waals surface area contributed by atoms with Gasteiger partial charge in [0.15, 0.2) is 0 Å². The van der Waals surface area contributed by atoms with Crippen LogP contribution in [0.25, 0.3) is 32.0 Å². The standard InChI is InChI=1S/C16H12N6OS2/c17-13-12-8(11-2-1-5-24-11)6-9(10-7-19-3-4-20-10)21-16(12)25-14(13)15(23)22-18/h1-7H,17-18H2,(H,22,23). The molecule has 0 radical (unpaired) electrons. The molecule has 0 aliphatic rings. The minimum Gasteiger partial charge on any atom is -0.397 e. The van der Waals surface area contributed by atoms with Crippen LogP contribution in [0, 0.1) is 0 Å². The molecule has 0 fully saturated rings. The third-order valence-electron chi connectivity index (χ3n) is 3.65. The van der Waals surface area contributed by atoms with Crippen LogP contribution in [0.5, 0.6) is 0 Å². The fourth-order valence-corrected chi connectivity index (χ4v) is 4.32. The number of hydrogen-bond donors (Lipinski definition) is 3. The first kappa shape index (κ1) is 15.6. The summed E-state index contributed by atoms with van der Waals surface area (Å²) in [5.74, 6) is 4.83. The molecule has 4 rings (SSSR count). The van der Waals surface area contributed by atoms with Gasteiger partial charge in [-0.25, -0.2) is 10.8 Å². The van der Waals surface area contributed by atoms with Crippen molar-refractivity contribution in [3.05, 3.63) is 47.0 Å². The van der Waals surface area contributed by atoms with Gasteiger partial charge in [0.05, 0.1) is 17.6 Å². The number of aromatic nitrogens is 3. The molecule has 4 heterocycles. The summed E-state index contributed by atoms with van der Waals surface area (Å²) in [5, 5.41) is 2.73. The van der Waals surface area contributed by atoms with Crippen LogP contribution in [-0.4, -0.2) is 20.9 Å². The number of carbonyl (C=O) groups is 1. The van der Waals surface area contributed by atoms with Crippen molar-refractivity contribution >= 4 is 44.5 Å². The van der Waals surface area contributed by atoms with Gasteiger partial charge in [0.1, 0.15) is 15.4 Å². The highest BCUT2D eigenvalue weighted by molar-refractivity contribution is 7.21. The van der Waals surface area contributed by atoms with Crippen LogP contribution < -0.4 is 17.0 Å². The number of thiophene rings is 2. The number of nitrogens with two attached hydrogens (primary N) is 2. The number of rotatable bonds is 3. The van der Waals surface area contributed by atoms with E-state index in [9.17, 15) is 4.79 Å². The van der Waals surface area contributed by atoms with E-state index >= 15 is 0 Å². The summed E-state index contributed by atoms with van der Waals surface area (Å²) >= 11 is 2.79. The van der Waals surface area contributed by atoms with E-state index in [1.165, 1.54) is 11.3 Å². The van der Waals surface area contributed by atoms with Crippen molar-refractivity contribution in [2.75, 3.05) is 5.73 Å². The van der Waals surface area contributed by atoms with E-state index in [2.05, 4.69) is 20.4 Å². The van der Waals surface area contributed by atoms with Gasteiger partial charge in [-0.2, -0.15) is 0 Å². The second kappa shape index (κ2) is 6.20. The lowest BCUT2D eigenvalue weighted by molar-refractivity contribution is 0.0958. The molecule has 0 bridgehead atoms. The summed E-state index contributed by atoms with van der Waals surface area (Å²) < 4.78 is 0. The Morgan fingerprint density at radius 2 is 2.12 bits per heavy atom. The molecule has 9 heteroatoms. The lowest BCUT2D eigenvalue weighted by atomic mass is 10.1. The van der Waals surface area contributed by atoms with E-state index in [4.69, 9.17) is 11.6 Å². The van der Waals surface area contributed by atoms with Crippen LogP contribution >= 0.6 is 22.7 Å². The molecular weight excluding hydrogens is 356 g/mol.